The van der Waals surface area contributed by atoms with E-state index in [4.69, 9.17) is 27.9 Å². The van der Waals surface area contributed by atoms with Gasteiger partial charge in [-0.1, -0.05) is 47.1 Å². The summed E-state index contributed by atoms with van der Waals surface area (Å²) >= 11 is 13.1. The van der Waals surface area contributed by atoms with Crippen molar-refractivity contribution in [1.29, 1.82) is 0 Å². The van der Waals surface area contributed by atoms with Crippen LogP contribution in [0.25, 0.3) is 0 Å². The van der Waals surface area contributed by atoms with Crippen LogP contribution in [0, 0.1) is 0 Å². The predicted octanol–water partition coefficient (Wildman–Crippen LogP) is 4.35. The lowest BCUT2D eigenvalue weighted by Gasteiger charge is -2.14. The van der Waals surface area contributed by atoms with E-state index in [1.165, 1.54) is 17.8 Å². The van der Waals surface area contributed by atoms with Crippen molar-refractivity contribution in [2.75, 3.05) is 18.2 Å². The van der Waals surface area contributed by atoms with Crippen molar-refractivity contribution in [1.82, 2.24) is 20.1 Å². The fourth-order valence-corrected chi connectivity index (χ4v) is 3.89. The minimum atomic E-state index is -0.425. The van der Waals surface area contributed by atoms with E-state index < -0.39 is 6.04 Å². The number of thioether (sulfide) groups is 1. The molecule has 2 aromatic carbocycles. The number of rotatable bonds is 8. The average Bonchev–Trinajstić information content (AvgIpc) is 3.14. The third-order valence-corrected chi connectivity index (χ3v) is 6.26. The van der Waals surface area contributed by atoms with Gasteiger partial charge in [-0.2, -0.15) is 0 Å². The molecule has 3 rings (SSSR count). The number of para-hydroxylation sites is 2. The number of benzene rings is 2. The molecular formula is C21H21Cl2N5O3S. The summed E-state index contributed by atoms with van der Waals surface area (Å²) in [4.78, 5) is 24.8. The Morgan fingerprint density at radius 3 is 2.62 bits per heavy atom. The molecule has 0 spiro atoms. The molecule has 3 aromatic rings. The van der Waals surface area contributed by atoms with Crippen LogP contribution < -0.4 is 15.4 Å². The highest BCUT2D eigenvalue weighted by Crippen LogP contribution is 2.25. The highest BCUT2D eigenvalue weighted by molar-refractivity contribution is 7.99. The van der Waals surface area contributed by atoms with Crippen LogP contribution in [0.15, 0.2) is 47.6 Å². The van der Waals surface area contributed by atoms with E-state index in [1.54, 1.807) is 49.9 Å². The molecule has 0 saturated heterocycles. The second-order valence-electron chi connectivity index (χ2n) is 6.76. The van der Waals surface area contributed by atoms with Gasteiger partial charge in [0.15, 0.2) is 11.0 Å². The number of aromatic nitrogens is 3. The number of methoxy groups -OCH3 is 1. The first-order chi connectivity index (χ1) is 15.3. The maximum absolute atomic E-state index is 12.5. The number of halogens is 2. The first-order valence-electron chi connectivity index (χ1n) is 9.51. The van der Waals surface area contributed by atoms with Crippen molar-refractivity contribution < 1.29 is 14.3 Å². The van der Waals surface area contributed by atoms with Gasteiger partial charge in [0.25, 0.3) is 5.91 Å². The lowest BCUT2D eigenvalue weighted by atomic mass is 10.2. The van der Waals surface area contributed by atoms with E-state index in [2.05, 4.69) is 20.8 Å². The van der Waals surface area contributed by atoms with Crippen LogP contribution >= 0.6 is 35.0 Å². The molecule has 11 heteroatoms. The summed E-state index contributed by atoms with van der Waals surface area (Å²) in [5.74, 6) is 0.743. The summed E-state index contributed by atoms with van der Waals surface area (Å²) in [6, 6.07) is 11.4. The van der Waals surface area contributed by atoms with Crippen molar-refractivity contribution in [3.8, 4) is 5.75 Å². The zero-order valence-electron chi connectivity index (χ0n) is 17.6. The number of anilines is 1. The van der Waals surface area contributed by atoms with Crippen LogP contribution in [0.5, 0.6) is 5.75 Å². The van der Waals surface area contributed by atoms with Gasteiger partial charge in [-0.3, -0.25) is 9.59 Å². The highest BCUT2D eigenvalue weighted by atomic mass is 35.5. The first-order valence-corrected chi connectivity index (χ1v) is 11.2. The Bertz CT molecular complexity index is 1140. The third kappa shape index (κ3) is 5.73. The number of carbonyl (C=O) groups is 2. The molecule has 32 heavy (non-hydrogen) atoms. The smallest absolute Gasteiger partial charge is 0.251 e. The maximum Gasteiger partial charge on any atom is 0.251 e. The summed E-state index contributed by atoms with van der Waals surface area (Å²) in [5.41, 5.74) is 0.980. The van der Waals surface area contributed by atoms with Gasteiger partial charge in [0, 0.05) is 12.6 Å². The van der Waals surface area contributed by atoms with E-state index in [1.807, 2.05) is 12.1 Å². The standard InChI is InChI=1S/C21H21Cl2N5O3S/c1-12(24-20(30)13-8-9-14(22)15(23)10-13)19-26-27-21(28(19)2)32-11-18(29)25-16-6-4-5-7-17(16)31-3/h4-10,12H,11H2,1-3H3,(H,24,30)(H,25,29)/t12-/m1/s1. The maximum atomic E-state index is 12.5. The van der Waals surface area contributed by atoms with Gasteiger partial charge in [-0.05, 0) is 37.3 Å². The number of ether oxygens (including phenoxy) is 1. The van der Waals surface area contributed by atoms with Gasteiger partial charge in [0.05, 0.1) is 34.6 Å². The minimum absolute atomic E-state index is 0.133. The molecule has 0 unspecified atom stereocenters. The number of hydrogen-bond donors (Lipinski definition) is 2. The number of carbonyl (C=O) groups excluding carboxylic acids is 2. The van der Waals surface area contributed by atoms with Gasteiger partial charge in [0.1, 0.15) is 5.75 Å². The van der Waals surface area contributed by atoms with Crippen LogP contribution in [-0.2, 0) is 11.8 Å². The van der Waals surface area contributed by atoms with Gasteiger partial charge in [-0.15, -0.1) is 10.2 Å². The predicted molar refractivity (Wildman–Crippen MR) is 126 cm³/mol. The van der Waals surface area contributed by atoms with E-state index in [-0.39, 0.29) is 17.6 Å². The molecule has 0 radical (unpaired) electrons. The lowest BCUT2D eigenvalue weighted by molar-refractivity contribution is -0.113. The molecule has 0 saturated carbocycles. The molecule has 8 nitrogen and oxygen atoms in total. The fourth-order valence-electron chi connectivity index (χ4n) is 2.88. The number of amides is 2. The van der Waals surface area contributed by atoms with Crippen LogP contribution in [0.3, 0.4) is 0 Å². The van der Waals surface area contributed by atoms with E-state index in [9.17, 15) is 9.59 Å². The SMILES string of the molecule is COc1ccccc1NC(=O)CSc1nnc([C@@H](C)NC(=O)c2ccc(Cl)c(Cl)c2)n1C. The summed E-state index contributed by atoms with van der Waals surface area (Å²) in [7, 11) is 3.32. The first kappa shape index (κ1) is 23.9. The van der Waals surface area contributed by atoms with Crippen molar-refractivity contribution in [3.63, 3.8) is 0 Å². The Hall–Kier alpha value is -2.75. The molecule has 0 fully saturated rings. The van der Waals surface area contributed by atoms with Gasteiger partial charge in [-0.25, -0.2) is 0 Å². The van der Waals surface area contributed by atoms with Crippen molar-refractivity contribution >= 4 is 52.5 Å². The zero-order chi connectivity index (χ0) is 23.3. The fraction of sp³-hybridized carbons (Fsp3) is 0.238. The second-order valence-corrected chi connectivity index (χ2v) is 8.52. The molecule has 1 heterocycles. The zero-order valence-corrected chi connectivity index (χ0v) is 19.9. The average molecular weight is 494 g/mol. The van der Waals surface area contributed by atoms with E-state index in [0.29, 0.717) is 38.0 Å². The van der Waals surface area contributed by atoms with Crippen LogP contribution in [0.1, 0.15) is 29.1 Å². The van der Waals surface area contributed by atoms with Gasteiger partial charge >= 0.3 is 0 Å². The second kappa shape index (κ2) is 10.7. The van der Waals surface area contributed by atoms with Crippen LogP contribution in [-0.4, -0.2) is 39.4 Å². The quantitative estimate of drug-likeness (QED) is 0.452. The highest BCUT2D eigenvalue weighted by Gasteiger charge is 2.19. The Morgan fingerprint density at radius 2 is 1.91 bits per heavy atom. The number of nitrogens with one attached hydrogen (secondary N) is 2. The molecular weight excluding hydrogens is 473 g/mol. The van der Waals surface area contributed by atoms with E-state index >= 15 is 0 Å². The Kier molecular flexibility index (Phi) is 8.00. The topological polar surface area (TPSA) is 98.1 Å². The van der Waals surface area contributed by atoms with Crippen molar-refractivity contribution in [2.24, 2.45) is 7.05 Å². The monoisotopic (exact) mass is 493 g/mol. The lowest BCUT2D eigenvalue weighted by Crippen LogP contribution is -2.28. The summed E-state index contributed by atoms with van der Waals surface area (Å²) in [6.07, 6.45) is 0. The Balaban J connectivity index is 1.60. The summed E-state index contributed by atoms with van der Waals surface area (Å²) in [5, 5.41) is 15.2. The van der Waals surface area contributed by atoms with Crippen molar-refractivity contribution in [2.45, 2.75) is 18.1 Å². The van der Waals surface area contributed by atoms with Crippen molar-refractivity contribution in [3.05, 3.63) is 63.9 Å². The molecule has 0 aliphatic rings. The Labute approximate surface area is 199 Å². The molecule has 0 bridgehead atoms. The third-order valence-electron chi connectivity index (χ3n) is 4.50. The van der Waals surface area contributed by atoms with E-state index in [0.717, 1.165) is 0 Å². The molecule has 1 aromatic heterocycles. The number of hydrogen-bond acceptors (Lipinski definition) is 6. The molecule has 2 N–H and O–H groups in total. The minimum Gasteiger partial charge on any atom is -0.495 e. The molecule has 1 atom stereocenters. The molecule has 0 aliphatic carbocycles. The normalized spacial score (nSPS) is 11.7. The Morgan fingerprint density at radius 1 is 1.16 bits per heavy atom. The summed E-state index contributed by atoms with van der Waals surface area (Å²) < 4.78 is 6.97. The van der Waals surface area contributed by atoms with Gasteiger partial charge in [0.2, 0.25) is 5.91 Å². The molecule has 0 aliphatic heterocycles. The van der Waals surface area contributed by atoms with Crippen LogP contribution in [0.2, 0.25) is 10.0 Å². The molecule has 2 amide bonds. The number of nitrogens with zero attached hydrogens (tertiary/aromatic N) is 3. The molecule has 168 valence electrons. The van der Waals surface area contributed by atoms with Crippen LogP contribution in [0.4, 0.5) is 5.69 Å². The summed E-state index contributed by atoms with van der Waals surface area (Å²) in [6.45, 7) is 1.79. The van der Waals surface area contributed by atoms with Gasteiger partial charge < -0.3 is 19.9 Å². The largest absolute Gasteiger partial charge is 0.495 e.